The number of amides is 2. The average Bonchev–Trinajstić information content (AvgIpc) is 2.81. The van der Waals surface area contributed by atoms with E-state index in [4.69, 9.17) is 9.94 Å². The first-order chi connectivity index (χ1) is 14.6. The number of hydrogen-bond acceptors (Lipinski definition) is 5. The Balaban J connectivity index is 1.79. The molecule has 0 saturated heterocycles. The summed E-state index contributed by atoms with van der Waals surface area (Å²) < 4.78 is 5.19. The first-order valence-electron chi connectivity index (χ1n) is 9.18. The summed E-state index contributed by atoms with van der Waals surface area (Å²) in [5.74, 6) is -0.139. The van der Waals surface area contributed by atoms with E-state index in [9.17, 15) is 9.59 Å². The maximum Gasteiger partial charge on any atom is 0.274 e. The number of hydroxylamine groups is 1. The second-order valence-corrected chi connectivity index (χ2v) is 6.39. The number of carbonyl (C=O) groups excluding carboxylic acids is 2. The van der Waals surface area contributed by atoms with Crippen LogP contribution in [0.3, 0.4) is 0 Å². The number of nitrogens with zero attached hydrogens (tertiary/aromatic N) is 1. The Bertz CT molecular complexity index is 1030. The summed E-state index contributed by atoms with van der Waals surface area (Å²) in [5, 5.41) is 11.6. The fourth-order valence-corrected chi connectivity index (χ4v) is 2.79. The van der Waals surface area contributed by atoms with Crippen molar-refractivity contribution in [3.63, 3.8) is 0 Å². The van der Waals surface area contributed by atoms with Crippen molar-refractivity contribution in [1.29, 1.82) is 0 Å². The highest BCUT2D eigenvalue weighted by Gasteiger charge is 2.13. The third-order valence-corrected chi connectivity index (χ3v) is 4.41. The molecular formula is C23H21N3O4. The van der Waals surface area contributed by atoms with Crippen molar-refractivity contribution in [2.75, 3.05) is 7.11 Å². The summed E-state index contributed by atoms with van der Waals surface area (Å²) in [5.41, 5.74) is 4.75. The van der Waals surface area contributed by atoms with Crippen LogP contribution in [0.4, 0.5) is 0 Å². The molecule has 0 aliphatic carbocycles. The van der Waals surface area contributed by atoms with E-state index in [1.807, 2.05) is 18.2 Å². The minimum absolute atomic E-state index is 0.249. The van der Waals surface area contributed by atoms with Gasteiger partial charge in [0.1, 0.15) is 5.75 Å². The maximum atomic E-state index is 13.0. The van der Waals surface area contributed by atoms with Crippen LogP contribution >= 0.6 is 0 Å². The minimum atomic E-state index is -0.591. The summed E-state index contributed by atoms with van der Waals surface area (Å²) >= 11 is 0. The largest absolute Gasteiger partial charge is 0.497 e. The third kappa shape index (κ3) is 5.30. The first-order valence-corrected chi connectivity index (χ1v) is 9.18. The molecule has 0 bridgehead atoms. The van der Waals surface area contributed by atoms with Gasteiger partial charge in [-0.25, -0.2) is 5.48 Å². The number of pyridine rings is 1. The molecule has 1 aromatic heterocycles. The van der Waals surface area contributed by atoms with Crippen LogP contribution in [0.2, 0.25) is 0 Å². The SMILES string of the molecule is COc1ccc(/C(=C\c2cccnc2)C(=O)NCc2ccc(C(=O)NO)cc2)cc1. The van der Waals surface area contributed by atoms with E-state index < -0.39 is 5.91 Å². The van der Waals surface area contributed by atoms with Gasteiger partial charge >= 0.3 is 0 Å². The lowest BCUT2D eigenvalue weighted by Crippen LogP contribution is -2.24. The maximum absolute atomic E-state index is 13.0. The highest BCUT2D eigenvalue weighted by Crippen LogP contribution is 2.21. The van der Waals surface area contributed by atoms with Gasteiger partial charge in [0, 0.05) is 30.1 Å². The zero-order valence-corrected chi connectivity index (χ0v) is 16.3. The molecule has 7 heteroatoms. The summed E-state index contributed by atoms with van der Waals surface area (Å²) in [6, 6.07) is 17.5. The molecule has 2 amide bonds. The number of hydrogen-bond donors (Lipinski definition) is 3. The number of methoxy groups -OCH3 is 1. The van der Waals surface area contributed by atoms with Crippen molar-refractivity contribution in [2.24, 2.45) is 0 Å². The summed E-state index contributed by atoms with van der Waals surface area (Å²) in [6.45, 7) is 0.278. The second kappa shape index (κ2) is 9.99. The average molecular weight is 403 g/mol. The van der Waals surface area contributed by atoms with Crippen LogP contribution in [-0.2, 0) is 11.3 Å². The van der Waals surface area contributed by atoms with Gasteiger partial charge in [0.05, 0.1) is 7.11 Å². The molecule has 152 valence electrons. The molecule has 1 heterocycles. The van der Waals surface area contributed by atoms with Crippen LogP contribution in [-0.4, -0.2) is 29.1 Å². The number of carbonyl (C=O) groups is 2. The number of rotatable bonds is 7. The topological polar surface area (TPSA) is 101 Å². The standard InChI is InChI=1S/C23H21N3O4/c1-30-20-10-8-18(9-11-20)21(13-17-3-2-12-24-14-17)23(28)25-15-16-4-6-19(7-5-16)22(27)26-29/h2-14,29H,15H2,1H3,(H,25,28)(H,26,27)/b21-13+. The zero-order chi connectivity index (χ0) is 21.3. The number of aromatic nitrogens is 1. The van der Waals surface area contributed by atoms with Crippen LogP contribution in [0.1, 0.15) is 27.0 Å². The van der Waals surface area contributed by atoms with E-state index in [-0.39, 0.29) is 12.5 Å². The molecule has 30 heavy (non-hydrogen) atoms. The predicted molar refractivity (Wildman–Crippen MR) is 113 cm³/mol. The first kappa shape index (κ1) is 20.8. The molecule has 0 atom stereocenters. The van der Waals surface area contributed by atoms with Crippen molar-refractivity contribution < 1.29 is 19.5 Å². The van der Waals surface area contributed by atoms with Gasteiger partial charge in [-0.15, -0.1) is 0 Å². The summed E-state index contributed by atoms with van der Waals surface area (Å²) in [4.78, 5) is 28.5. The molecule has 3 rings (SSSR count). The molecule has 0 aliphatic heterocycles. The van der Waals surface area contributed by atoms with Gasteiger partial charge in [0.25, 0.3) is 11.8 Å². The van der Waals surface area contributed by atoms with Gasteiger partial charge < -0.3 is 10.1 Å². The van der Waals surface area contributed by atoms with Crippen molar-refractivity contribution in [1.82, 2.24) is 15.8 Å². The Morgan fingerprint density at radius 2 is 1.73 bits per heavy atom. The predicted octanol–water partition coefficient (Wildman–Crippen LogP) is 3.07. The molecule has 0 spiro atoms. The van der Waals surface area contributed by atoms with Crippen molar-refractivity contribution in [3.05, 3.63) is 95.3 Å². The van der Waals surface area contributed by atoms with E-state index in [1.165, 1.54) is 0 Å². The van der Waals surface area contributed by atoms with Gasteiger partial charge in [0.2, 0.25) is 0 Å². The smallest absolute Gasteiger partial charge is 0.274 e. The lowest BCUT2D eigenvalue weighted by atomic mass is 10.0. The van der Waals surface area contributed by atoms with E-state index in [0.29, 0.717) is 16.9 Å². The van der Waals surface area contributed by atoms with Gasteiger partial charge in [-0.05, 0) is 53.1 Å². The zero-order valence-electron chi connectivity index (χ0n) is 16.3. The van der Waals surface area contributed by atoms with Crippen LogP contribution < -0.4 is 15.5 Å². The molecule has 0 fully saturated rings. The van der Waals surface area contributed by atoms with E-state index in [1.54, 1.807) is 73.5 Å². The molecule has 7 nitrogen and oxygen atoms in total. The van der Waals surface area contributed by atoms with Crippen molar-refractivity contribution in [2.45, 2.75) is 6.54 Å². The fourth-order valence-electron chi connectivity index (χ4n) is 2.79. The molecule has 0 unspecified atom stereocenters. The highest BCUT2D eigenvalue weighted by molar-refractivity contribution is 6.24. The highest BCUT2D eigenvalue weighted by atomic mass is 16.5. The molecule has 0 aliphatic rings. The van der Waals surface area contributed by atoms with Gasteiger partial charge in [-0.3, -0.25) is 19.8 Å². The van der Waals surface area contributed by atoms with Crippen LogP contribution in [0.25, 0.3) is 11.6 Å². The van der Waals surface area contributed by atoms with Gasteiger partial charge in [-0.1, -0.05) is 30.3 Å². The summed E-state index contributed by atoms with van der Waals surface area (Å²) in [6.07, 6.45) is 5.13. The third-order valence-electron chi connectivity index (χ3n) is 4.41. The Hall–Kier alpha value is -3.97. The lowest BCUT2D eigenvalue weighted by molar-refractivity contribution is -0.115. The molecule has 3 aromatic rings. The number of nitrogens with one attached hydrogen (secondary N) is 2. The lowest BCUT2D eigenvalue weighted by Gasteiger charge is -2.11. The Morgan fingerprint density at radius 3 is 2.33 bits per heavy atom. The van der Waals surface area contributed by atoms with Crippen LogP contribution in [0.15, 0.2) is 73.1 Å². The Morgan fingerprint density at radius 1 is 1.03 bits per heavy atom. The fraction of sp³-hybridized carbons (Fsp3) is 0.0870. The molecule has 0 saturated carbocycles. The molecular weight excluding hydrogens is 382 g/mol. The minimum Gasteiger partial charge on any atom is -0.497 e. The Labute approximate surface area is 174 Å². The van der Waals surface area contributed by atoms with E-state index in [0.717, 1.165) is 16.7 Å². The summed E-state index contributed by atoms with van der Waals surface area (Å²) in [7, 11) is 1.59. The normalized spacial score (nSPS) is 10.9. The molecule has 0 radical (unpaired) electrons. The van der Waals surface area contributed by atoms with Crippen molar-refractivity contribution >= 4 is 23.5 Å². The van der Waals surface area contributed by atoms with Gasteiger partial charge in [-0.2, -0.15) is 0 Å². The van der Waals surface area contributed by atoms with E-state index in [2.05, 4.69) is 10.3 Å². The molecule has 2 aromatic carbocycles. The van der Waals surface area contributed by atoms with Crippen LogP contribution in [0.5, 0.6) is 5.75 Å². The Kier molecular flexibility index (Phi) is 6.91. The van der Waals surface area contributed by atoms with Crippen molar-refractivity contribution in [3.8, 4) is 5.75 Å². The van der Waals surface area contributed by atoms with Gasteiger partial charge in [0.15, 0.2) is 0 Å². The monoisotopic (exact) mass is 403 g/mol. The number of benzene rings is 2. The van der Waals surface area contributed by atoms with E-state index >= 15 is 0 Å². The molecule has 3 N–H and O–H groups in total. The number of ether oxygens (including phenoxy) is 1. The quantitative estimate of drug-likeness (QED) is 0.320. The second-order valence-electron chi connectivity index (χ2n) is 6.39. The van der Waals surface area contributed by atoms with Crippen LogP contribution in [0, 0.1) is 0 Å².